The number of rotatable bonds is 9. The highest BCUT2D eigenvalue weighted by atomic mass is 16.5. The molecule has 2 aromatic rings. The van der Waals surface area contributed by atoms with Crippen LogP contribution in [0.25, 0.3) is 0 Å². The Labute approximate surface area is 166 Å². The zero-order valence-electron chi connectivity index (χ0n) is 16.9. The first-order valence-corrected chi connectivity index (χ1v) is 9.51. The van der Waals surface area contributed by atoms with Crippen LogP contribution in [0.4, 0.5) is 17.1 Å². The first kappa shape index (κ1) is 21.3. The molecule has 0 saturated heterocycles. The summed E-state index contributed by atoms with van der Waals surface area (Å²) in [6.07, 6.45) is 0. The Bertz CT molecular complexity index is 786. The van der Waals surface area contributed by atoms with Gasteiger partial charge in [-0.3, -0.25) is 9.59 Å². The number of hydrogen-bond acceptors (Lipinski definition) is 4. The Morgan fingerprint density at radius 2 is 1.54 bits per heavy atom. The van der Waals surface area contributed by atoms with E-state index in [0.717, 1.165) is 11.4 Å². The number of carbonyl (C=O) groups is 2. The molecule has 0 aliphatic heterocycles. The van der Waals surface area contributed by atoms with Crippen molar-refractivity contribution in [3.8, 4) is 5.75 Å². The van der Waals surface area contributed by atoms with E-state index in [1.165, 1.54) is 0 Å². The summed E-state index contributed by atoms with van der Waals surface area (Å²) in [6.45, 7) is 8.65. The van der Waals surface area contributed by atoms with Gasteiger partial charge in [0.25, 0.3) is 0 Å². The lowest BCUT2D eigenvalue weighted by Crippen LogP contribution is -2.22. The first-order chi connectivity index (χ1) is 13.3. The fraction of sp³-hybridized carbons (Fsp3) is 0.364. The van der Waals surface area contributed by atoms with Gasteiger partial charge in [-0.05, 0) is 42.3 Å². The van der Waals surface area contributed by atoms with Crippen LogP contribution < -0.4 is 20.7 Å². The molecule has 28 heavy (non-hydrogen) atoms. The first-order valence-electron chi connectivity index (χ1n) is 9.51. The van der Waals surface area contributed by atoms with Crippen molar-refractivity contribution < 1.29 is 14.3 Å². The smallest absolute Gasteiger partial charge is 0.243 e. The third-order valence-corrected chi connectivity index (χ3v) is 3.83. The predicted molar refractivity (Wildman–Crippen MR) is 114 cm³/mol. The van der Waals surface area contributed by atoms with Gasteiger partial charge in [0, 0.05) is 29.0 Å². The maximum absolute atomic E-state index is 12.2. The molecule has 0 unspecified atom stereocenters. The van der Waals surface area contributed by atoms with E-state index >= 15 is 0 Å². The van der Waals surface area contributed by atoms with Crippen LogP contribution in [0.15, 0.2) is 48.5 Å². The summed E-state index contributed by atoms with van der Waals surface area (Å²) in [4.78, 5) is 23.9. The number of nitrogens with one attached hydrogen (secondary N) is 3. The molecule has 0 atom stereocenters. The van der Waals surface area contributed by atoms with Crippen LogP contribution >= 0.6 is 0 Å². The fourth-order valence-corrected chi connectivity index (χ4v) is 2.27. The van der Waals surface area contributed by atoms with Gasteiger partial charge in [-0.2, -0.15) is 0 Å². The molecule has 150 valence electrons. The molecule has 6 heteroatoms. The Hall–Kier alpha value is -3.02. The molecule has 0 heterocycles. The van der Waals surface area contributed by atoms with Gasteiger partial charge in [0.1, 0.15) is 5.75 Å². The van der Waals surface area contributed by atoms with E-state index in [9.17, 15) is 9.59 Å². The minimum absolute atomic E-state index is 0.0411. The quantitative estimate of drug-likeness (QED) is 0.601. The van der Waals surface area contributed by atoms with Gasteiger partial charge < -0.3 is 20.7 Å². The second kappa shape index (κ2) is 10.3. The van der Waals surface area contributed by atoms with Gasteiger partial charge in [0.2, 0.25) is 11.8 Å². The second-order valence-electron chi connectivity index (χ2n) is 7.36. The maximum atomic E-state index is 12.2. The lowest BCUT2D eigenvalue weighted by molar-refractivity contribution is -0.119. The Balaban J connectivity index is 1.82. The number of carbonyl (C=O) groups excluding carboxylic acids is 2. The zero-order valence-corrected chi connectivity index (χ0v) is 16.9. The van der Waals surface area contributed by atoms with E-state index < -0.39 is 0 Å². The van der Waals surface area contributed by atoms with Crippen LogP contribution in [0, 0.1) is 11.8 Å². The number of hydrogen-bond donors (Lipinski definition) is 3. The third kappa shape index (κ3) is 7.31. The van der Waals surface area contributed by atoms with Crippen molar-refractivity contribution in [2.24, 2.45) is 11.8 Å². The molecule has 2 amide bonds. The van der Waals surface area contributed by atoms with E-state index in [2.05, 4.69) is 29.8 Å². The molecule has 0 bridgehead atoms. The second-order valence-corrected chi connectivity index (χ2v) is 7.36. The maximum Gasteiger partial charge on any atom is 0.243 e. The van der Waals surface area contributed by atoms with E-state index in [4.69, 9.17) is 4.74 Å². The molecular formula is C22H29N3O3. The van der Waals surface area contributed by atoms with Crippen molar-refractivity contribution in [2.75, 3.05) is 29.1 Å². The average Bonchev–Trinajstić information content (AvgIpc) is 2.66. The van der Waals surface area contributed by atoms with Crippen LogP contribution in [0.2, 0.25) is 0 Å². The van der Waals surface area contributed by atoms with Crippen molar-refractivity contribution in [3.63, 3.8) is 0 Å². The van der Waals surface area contributed by atoms with Gasteiger partial charge >= 0.3 is 0 Å². The van der Waals surface area contributed by atoms with Gasteiger partial charge in [-0.25, -0.2) is 0 Å². The molecule has 3 N–H and O–H groups in total. The minimum atomic E-state index is -0.160. The number of ether oxygens (including phenoxy) is 1. The van der Waals surface area contributed by atoms with Crippen LogP contribution in [0.1, 0.15) is 27.7 Å². The van der Waals surface area contributed by atoms with Gasteiger partial charge in [0.15, 0.2) is 0 Å². The molecule has 2 rings (SSSR count). The summed E-state index contributed by atoms with van der Waals surface area (Å²) in [6, 6.07) is 14.6. The van der Waals surface area contributed by atoms with E-state index in [1.807, 2.05) is 38.1 Å². The largest absolute Gasteiger partial charge is 0.493 e. The van der Waals surface area contributed by atoms with Gasteiger partial charge in [-0.1, -0.05) is 33.8 Å². The molecule has 0 spiro atoms. The number of amides is 2. The molecule has 0 aromatic heterocycles. The van der Waals surface area contributed by atoms with Crippen molar-refractivity contribution in [1.82, 2.24) is 0 Å². The summed E-state index contributed by atoms with van der Waals surface area (Å²) in [5, 5.41) is 8.73. The van der Waals surface area contributed by atoms with Gasteiger partial charge in [-0.15, -0.1) is 0 Å². The molecule has 6 nitrogen and oxygen atoms in total. The summed E-state index contributed by atoms with van der Waals surface area (Å²) in [5.41, 5.74) is 2.19. The average molecular weight is 383 g/mol. The lowest BCUT2D eigenvalue weighted by atomic mass is 10.2. The molecule has 2 aromatic carbocycles. The van der Waals surface area contributed by atoms with Crippen LogP contribution in [-0.2, 0) is 9.59 Å². The Morgan fingerprint density at radius 1 is 0.893 bits per heavy atom. The molecular weight excluding hydrogens is 354 g/mol. The lowest BCUT2D eigenvalue weighted by Gasteiger charge is -2.12. The molecule has 0 aliphatic rings. The van der Waals surface area contributed by atoms with E-state index in [0.29, 0.717) is 23.9 Å². The van der Waals surface area contributed by atoms with E-state index in [1.54, 1.807) is 24.3 Å². The number of benzene rings is 2. The zero-order chi connectivity index (χ0) is 20.5. The summed E-state index contributed by atoms with van der Waals surface area (Å²) in [5.74, 6) is 0.943. The molecule has 0 aliphatic carbocycles. The van der Waals surface area contributed by atoms with Crippen molar-refractivity contribution >= 4 is 28.9 Å². The highest BCUT2D eigenvalue weighted by Crippen LogP contribution is 2.18. The van der Waals surface area contributed by atoms with Crippen molar-refractivity contribution in [3.05, 3.63) is 48.5 Å². The highest BCUT2D eigenvalue weighted by Gasteiger charge is 2.08. The van der Waals surface area contributed by atoms with Gasteiger partial charge in [0.05, 0.1) is 13.2 Å². The summed E-state index contributed by atoms with van der Waals surface area (Å²) in [7, 11) is 0. The Morgan fingerprint density at radius 3 is 2.14 bits per heavy atom. The van der Waals surface area contributed by atoms with Crippen LogP contribution in [0.5, 0.6) is 5.75 Å². The minimum Gasteiger partial charge on any atom is -0.493 e. The topological polar surface area (TPSA) is 79.5 Å². The van der Waals surface area contributed by atoms with Crippen molar-refractivity contribution in [2.45, 2.75) is 27.7 Å². The molecule has 0 radical (unpaired) electrons. The van der Waals surface area contributed by atoms with Crippen LogP contribution in [0.3, 0.4) is 0 Å². The summed E-state index contributed by atoms with van der Waals surface area (Å²) < 4.78 is 5.69. The van der Waals surface area contributed by atoms with Crippen molar-refractivity contribution in [1.29, 1.82) is 0 Å². The van der Waals surface area contributed by atoms with E-state index in [-0.39, 0.29) is 24.3 Å². The Kier molecular flexibility index (Phi) is 7.87. The highest BCUT2D eigenvalue weighted by molar-refractivity contribution is 5.95. The third-order valence-electron chi connectivity index (χ3n) is 3.83. The normalized spacial score (nSPS) is 10.6. The van der Waals surface area contributed by atoms with Crippen LogP contribution in [-0.4, -0.2) is 25.0 Å². The molecule has 0 fully saturated rings. The fourth-order valence-electron chi connectivity index (χ4n) is 2.27. The standard InChI is InChI=1S/C22H29N3O3/c1-15(2)14-28-20-7-5-6-19(12-20)23-13-21(26)24-17-8-10-18(11-9-17)25-22(27)16(3)4/h5-12,15-16,23H,13-14H2,1-4H3,(H,24,26)(H,25,27). The predicted octanol–water partition coefficient (Wildman–Crippen LogP) is 4.37. The SMILES string of the molecule is CC(C)COc1cccc(NCC(=O)Nc2ccc(NC(=O)C(C)C)cc2)c1. The summed E-state index contributed by atoms with van der Waals surface area (Å²) >= 11 is 0. The molecule has 0 saturated carbocycles. The number of anilines is 3. The monoisotopic (exact) mass is 383 g/mol.